The van der Waals surface area contributed by atoms with E-state index in [1.807, 2.05) is 30.0 Å². The molecule has 0 spiro atoms. The van der Waals surface area contributed by atoms with Gasteiger partial charge in [-0.25, -0.2) is 0 Å². The summed E-state index contributed by atoms with van der Waals surface area (Å²) in [5, 5.41) is 6.09. The maximum atomic E-state index is 6.25. The van der Waals surface area contributed by atoms with Crippen LogP contribution in [0.4, 0.5) is 0 Å². The van der Waals surface area contributed by atoms with Gasteiger partial charge >= 0.3 is 0 Å². The van der Waals surface area contributed by atoms with Gasteiger partial charge in [0.2, 0.25) is 0 Å². The van der Waals surface area contributed by atoms with E-state index in [1.165, 1.54) is 25.7 Å². The quantitative estimate of drug-likeness (QED) is 0.806. The Labute approximate surface area is 130 Å². The fourth-order valence-corrected chi connectivity index (χ4v) is 3.96. The molecule has 1 aliphatic rings. The largest absolute Gasteiger partial charge is 0.307 e. The van der Waals surface area contributed by atoms with Crippen LogP contribution in [0.3, 0.4) is 0 Å². The molecule has 106 valence electrons. The Balaban J connectivity index is 1.94. The van der Waals surface area contributed by atoms with Crippen molar-refractivity contribution in [1.29, 1.82) is 0 Å². The van der Waals surface area contributed by atoms with E-state index in [0.29, 0.717) is 6.04 Å². The Hall–Kier alpha value is 0.110. The summed E-state index contributed by atoms with van der Waals surface area (Å²) in [5.74, 6) is 0. The summed E-state index contributed by atoms with van der Waals surface area (Å²) < 4.78 is 0. The molecule has 1 fully saturated rings. The zero-order valence-corrected chi connectivity index (χ0v) is 13.8. The van der Waals surface area contributed by atoms with Crippen LogP contribution in [-0.2, 0) is 0 Å². The summed E-state index contributed by atoms with van der Waals surface area (Å²) in [7, 11) is 0. The molecule has 1 atom stereocenters. The normalized spacial score (nSPS) is 25.3. The van der Waals surface area contributed by atoms with E-state index in [1.54, 1.807) is 0 Å². The fraction of sp³-hybridized carbons (Fsp3) is 0.600. The van der Waals surface area contributed by atoms with Crippen molar-refractivity contribution in [2.24, 2.45) is 0 Å². The summed E-state index contributed by atoms with van der Waals surface area (Å²) in [6.45, 7) is 2.16. The molecule has 1 nitrogen and oxygen atoms in total. The summed E-state index contributed by atoms with van der Waals surface area (Å²) in [5.41, 5.74) is 1.10. The first-order chi connectivity index (χ1) is 9.10. The predicted molar refractivity (Wildman–Crippen MR) is 87.6 cm³/mol. The first-order valence-electron chi connectivity index (χ1n) is 6.84. The number of nitrogens with one attached hydrogen (secondary N) is 1. The third-order valence-corrected chi connectivity index (χ3v) is 5.64. The van der Waals surface area contributed by atoms with Crippen molar-refractivity contribution >= 4 is 35.0 Å². The van der Waals surface area contributed by atoms with Gasteiger partial charge in [0.25, 0.3) is 0 Å². The zero-order valence-electron chi connectivity index (χ0n) is 11.5. The van der Waals surface area contributed by atoms with Gasteiger partial charge in [0, 0.05) is 27.4 Å². The topological polar surface area (TPSA) is 12.0 Å². The number of hydrogen-bond acceptors (Lipinski definition) is 2. The highest BCUT2D eigenvalue weighted by Crippen LogP contribution is 2.30. The van der Waals surface area contributed by atoms with E-state index >= 15 is 0 Å². The highest BCUT2D eigenvalue weighted by atomic mass is 35.5. The fourth-order valence-electron chi connectivity index (χ4n) is 2.75. The Morgan fingerprint density at radius 3 is 2.53 bits per heavy atom. The van der Waals surface area contributed by atoms with Crippen LogP contribution in [0, 0.1) is 0 Å². The molecule has 0 radical (unpaired) electrons. The van der Waals surface area contributed by atoms with Gasteiger partial charge in [-0.2, -0.15) is 11.8 Å². The highest BCUT2D eigenvalue weighted by molar-refractivity contribution is 7.99. The molecule has 19 heavy (non-hydrogen) atoms. The molecule has 1 aromatic carbocycles. The van der Waals surface area contributed by atoms with Crippen molar-refractivity contribution in [3.8, 4) is 0 Å². The molecule has 0 aliphatic heterocycles. The third kappa shape index (κ3) is 4.29. The molecule has 1 aliphatic carbocycles. The van der Waals surface area contributed by atoms with E-state index in [4.69, 9.17) is 23.2 Å². The van der Waals surface area contributed by atoms with Crippen LogP contribution < -0.4 is 5.32 Å². The minimum Gasteiger partial charge on any atom is -0.307 e. The van der Waals surface area contributed by atoms with Gasteiger partial charge in [-0.1, -0.05) is 23.2 Å². The second kappa shape index (κ2) is 7.21. The van der Waals surface area contributed by atoms with Crippen LogP contribution in [-0.4, -0.2) is 17.5 Å². The maximum Gasteiger partial charge on any atom is 0.0454 e. The molecule has 0 heterocycles. The number of rotatable bonds is 4. The van der Waals surface area contributed by atoms with Gasteiger partial charge in [-0.15, -0.1) is 0 Å². The van der Waals surface area contributed by atoms with Gasteiger partial charge in [0.1, 0.15) is 0 Å². The molecule has 1 N–H and O–H groups in total. The van der Waals surface area contributed by atoms with Gasteiger partial charge in [-0.05, 0) is 62.6 Å². The van der Waals surface area contributed by atoms with E-state index in [9.17, 15) is 0 Å². The lowest BCUT2D eigenvalue weighted by Crippen LogP contribution is -2.35. The lowest BCUT2D eigenvalue weighted by atomic mass is 9.93. The van der Waals surface area contributed by atoms with E-state index in [-0.39, 0.29) is 6.04 Å². The lowest BCUT2D eigenvalue weighted by Gasteiger charge is -2.31. The minimum atomic E-state index is 0.252. The molecule has 0 aromatic heterocycles. The van der Waals surface area contributed by atoms with Crippen LogP contribution in [0.1, 0.15) is 44.2 Å². The van der Waals surface area contributed by atoms with E-state index < -0.39 is 0 Å². The minimum absolute atomic E-state index is 0.252. The SMILES string of the molecule is CSC1CCC(NC(C)c2cc(Cl)ccc2Cl)CC1. The lowest BCUT2D eigenvalue weighted by molar-refractivity contribution is 0.352. The first kappa shape index (κ1) is 15.5. The molecule has 1 unspecified atom stereocenters. The molecule has 4 heteroatoms. The standard InChI is InChI=1S/C15H21Cl2NS/c1-10(14-9-11(16)3-8-15(14)17)18-12-4-6-13(19-2)7-5-12/h3,8-10,12-13,18H,4-7H2,1-2H3. The summed E-state index contributed by atoms with van der Waals surface area (Å²) in [4.78, 5) is 0. The average molecular weight is 318 g/mol. The summed E-state index contributed by atoms with van der Waals surface area (Å²) in [6, 6.07) is 6.54. The van der Waals surface area contributed by atoms with Crippen LogP contribution in [0.15, 0.2) is 18.2 Å². The zero-order chi connectivity index (χ0) is 13.8. The Morgan fingerprint density at radius 2 is 1.89 bits per heavy atom. The number of benzene rings is 1. The van der Waals surface area contributed by atoms with Crippen LogP contribution in [0.25, 0.3) is 0 Å². The molecule has 1 aromatic rings. The van der Waals surface area contributed by atoms with Crippen LogP contribution in [0.2, 0.25) is 10.0 Å². The molecular weight excluding hydrogens is 297 g/mol. The van der Waals surface area contributed by atoms with Gasteiger partial charge in [0.05, 0.1) is 0 Å². The molecule has 0 saturated heterocycles. The van der Waals surface area contributed by atoms with Crippen molar-refractivity contribution in [3.63, 3.8) is 0 Å². The Bertz CT molecular complexity index is 417. The molecular formula is C15H21Cl2NS. The summed E-state index contributed by atoms with van der Waals surface area (Å²) in [6.07, 6.45) is 7.36. The molecule has 0 bridgehead atoms. The van der Waals surface area contributed by atoms with Crippen molar-refractivity contribution in [2.75, 3.05) is 6.26 Å². The first-order valence-corrected chi connectivity index (χ1v) is 8.88. The van der Waals surface area contributed by atoms with Crippen molar-refractivity contribution in [2.45, 2.75) is 49.9 Å². The van der Waals surface area contributed by atoms with Gasteiger partial charge in [0.15, 0.2) is 0 Å². The third-order valence-electron chi connectivity index (χ3n) is 3.92. The van der Waals surface area contributed by atoms with Crippen LogP contribution in [0.5, 0.6) is 0 Å². The van der Waals surface area contributed by atoms with Crippen molar-refractivity contribution < 1.29 is 0 Å². The Morgan fingerprint density at radius 1 is 1.21 bits per heavy atom. The average Bonchev–Trinajstić information content (AvgIpc) is 2.42. The molecule has 0 amide bonds. The summed E-state index contributed by atoms with van der Waals surface area (Å²) >= 11 is 14.3. The number of thioether (sulfide) groups is 1. The number of halogens is 2. The molecule has 1 saturated carbocycles. The van der Waals surface area contributed by atoms with Gasteiger partial charge < -0.3 is 5.32 Å². The second-order valence-electron chi connectivity index (χ2n) is 5.26. The predicted octanol–water partition coefficient (Wildman–Crippen LogP) is 5.32. The highest BCUT2D eigenvalue weighted by Gasteiger charge is 2.22. The van der Waals surface area contributed by atoms with E-state index in [0.717, 1.165) is 20.9 Å². The smallest absolute Gasteiger partial charge is 0.0454 e. The van der Waals surface area contributed by atoms with E-state index in [2.05, 4.69) is 18.5 Å². The second-order valence-corrected chi connectivity index (χ2v) is 7.25. The van der Waals surface area contributed by atoms with Crippen molar-refractivity contribution in [1.82, 2.24) is 5.32 Å². The van der Waals surface area contributed by atoms with Gasteiger partial charge in [-0.3, -0.25) is 0 Å². The molecule has 2 rings (SSSR count). The maximum absolute atomic E-state index is 6.25. The van der Waals surface area contributed by atoms with Crippen LogP contribution >= 0.6 is 35.0 Å². The number of hydrogen-bond donors (Lipinski definition) is 1. The Kier molecular flexibility index (Phi) is 5.88. The monoisotopic (exact) mass is 317 g/mol. The van der Waals surface area contributed by atoms with Crippen molar-refractivity contribution in [3.05, 3.63) is 33.8 Å².